The summed E-state index contributed by atoms with van der Waals surface area (Å²) in [5.74, 6) is 0.873. The topological polar surface area (TPSA) is 60.0 Å². The largest absolute Gasteiger partial charge is 0.369 e. The van der Waals surface area contributed by atoms with Gasteiger partial charge in [-0.25, -0.2) is 0 Å². The fraction of sp³-hybridized carbons (Fsp3) is 0.417. The maximum atomic E-state index is 12.4. The van der Waals surface area contributed by atoms with E-state index in [1.54, 1.807) is 11.9 Å². The first-order valence-electron chi connectivity index (χ1n) is 10.6. The summed E-state index contributed by atoms with van der Waals surface area (Å²) < 4.78 is 0. The predicted octanol–water partition coefficient (Wildman–Crippen LogP) is 2.79. The number of anilines is 1. The van der Waals surface area contributed by atoms with Gasteiger partial charge in [0.1, 0.15) is 0 Å². The van der Waals surface area contributed by atoms with Crippen molar-refractivity contribution in [2.75, 3.05) is 38.6 Å². The number of nitrogens with one attached hydrogen (secondary N) is 2. The van der Waals surface area contributed by atoms with E-state index in [2.05, 4.69) is 51.7 Å². The summed E-state index contributed by atoms with van der Waals surface area (Å²) >= 11 is 0. The number of aliphatic imine (C=N–C) groups is 1. The molecule has 3 rings (SSSR count). The highest BCUT2D eigenvalue weighted by Gasteiger charge is 2.23. The van der Waals surface area contributed by atoms with E-state index in [9.17, 15) is 4.79 Å². The van der Waals surface area contributed by atoms with Crippen LogP contribution >= 0.6 is 0 Å². The van der Waals surface area contributed by atoms with Crippen LogP contribution in [0, 0.1) is 6.92 Å². The highest BCUT2D eigenvalue weighted by atomic mass is 16.2. The first-order valence-corrected chi connectivity index (χ1v) is 10.6. The quantitative estimate of drug-likeness (QED) is 0.547. The molecule has 2 aromatic rings. The lowest BCUT2D eigenvalue weighted by molar-refractivity contribution is -0.130. The zero-order valence-electron chi connectivity index (χ0n) is 18.3. The van der Waals surface area contributed by atoms with E-state index >= 15 is 0 Å². The standard InChI is InChI=1S/C24H33N5O/c1-19-9-11-22(12-10-19)29-16-14-21(18-29)27-24(25-2)26-15-13-23(30)28(3)17-20-7-5-4-6-8-20/h4-12,21H,13-18H2,1-3H3,(H2,25,26,27). The number of rotatable bonds is 7. The van der Waals surface area contributed by atoms with E-state index in [0.29, 0.717) is 25.6 Å². The van der Waals surface area contributed by atoms with Crippen molar-refractivity contribution in [2.24, 2.45) is 4.99 Å². The van der Waals surface area contributed by atoms with Gasteiger partial charge in [0.05, 0.1) is 0 Å². The zero-order chi connectivity index (χ0) is 21.3. The van der Waals surface area contributed by atoms with Crippen LogP contribution in [0.15, 0.2) is 59.6 Å². The van der Waals surface area contributed by atoms with E-state index in [1.165, 1.54) is 11.3 Å². The second-order valence-corrected chi connectivity index (χ2v) is 7.90. The number of amides is 1. The van der Waals surface area contributed by atoms with Crippen molar-refractivity contribution in [3.05, 3.63) is 65.7 Å². The maximum absolute atomic E-state index is 12.4. The van der Waals surface area contributed by atoms with E-state index in [0.717, 1.165) is 31.0 Å². The van der Waals surface area contributed by atoms with Crippen LogP contribution in [-0.2, 0) is 11.3 Å². The van der Waals surface area contributed by atoms with Gasteiger partial charge in [-0.05, 0) is 31.0 Å². The molecule has 160 valence electrons. The molecule has 6 nitrogen and oxygen atoms in total. The molecule has 0 aliphatic carbocycles. The van der Waals surface area contributed by atoms with Crippen molar-refractivity contribution < 1.29 is 4.79 Å². The van der Waals surface area contributed by atoms with Crippen LogP contribution in [0.2, 0.25) is 0 Å². The number of nitrogens with zero attached hydrogens (tertiary/aromatic N) is 3. The number of hydrogen-bond acceptors (Lipinski definition) is 3. The molecule has 30 heavy (non-hydrogen) atoms. The number of carbonyl (C=O) groups excluding carboxylic acids is 1. The Bertz CT molecular complexity index is 834. The normalized spacial score (nSPS) is 16.4. The van der Waals surface area contributed by atoms with Crippen molar-refractivity contribution in [3.63, 3.8) is 0 Å². The van der Waals surface area contributed by atoms with Gasteiger partial charge < -0.3 is 20.4 Å². The monoisotopic (exact) mass is 407 g/mol. The van der Waals surface area contributed by atoms with Crippen LogP contribution in [0.4, 0.5) is 5.69 Å². The summed E-state index contributed by atoms with van der Waals surface area (Å²) in [5.41, 5.74) is 3.68. The molecule has 2 N–H and O–H groups in total. The molecule has 1 aliphatic heterocycles. The van der Waals surface area contributed by atoms with Gasteiger partial charge in [-0.15, -0.1) is 0 Å². The minimum Gasteiger partial charge on any atom is -0.369 e. The van der Waals surface area contributed by atoms with Gasteiger partial charge in [0, 0.05) is 58.4 Å². The third-order valence-electron chi connectivity index (χ3n) is 5.47. The Balaban J connectivity index is 1.39. The minimum absolute atomic E-state index is 0.119. The zero-order valence-corrected chi connectivity index (χ0v) is 18.3. The Morgan fingerprint density at radius 1 is 1.17 bits per heavy atom. The maximum Gasteiger partial charge on any atom is 0.224 e. The van der Waals surface area contributed by atoms with Crippen LogP contribution < -0.4 is 15.5 Å². The molecule has 1 amide bonds. The fourth-order valence-electron chi connectivity index (χ4n) is 3.68. The molecule has 1 unspecified atom stereocenters. The highest BCUT2D eigenvalue weighted by Crippen LogP contribution is 2.20. The molecule has 0 aromatic heterocycles. The summed E-state index contributed by atoms with van der Waals surface area (Å²) in [7, 11) is 3.62. The average Bonchev–Trinajstić information content (AvgIpc) is 3.22. The van der Waals surface area contributed by atoms with Crippen molar-refractivity contribution in [1.29, 1.82) is 0 Å². The van der Waals surface area contributed by atoms with Gasteiger partial charge in [0.25, 0.3) is 0 Å². The summed E-state index contributed by atoms with van der Waals surface area (Å²) in [6, 6.07) is 19.1. The van der Waals surface area contributed by atoms with Crippen LogP contribution in [-0.4, -0.2) is 56.5 Å². The van der Waals surface area contributed by atoms with Gasteiger partial charge in [0.15, 0.2) is 5.96 Å². The second kappa shape index (κ2) is 10.7. The van der Waals surface area contributed by atoms with Crippen LogP contribution in [0.25, 0.3) is 0 Å². The molecular weight excluding hydrogens is 374 g/mol. The fourth-order valence-corrected chi connectivity index (χ4v) is 3.68. The number of carbonyl (C=O) groups is 1. The molecular formula is C24H33N5O. The number of guanidine groups is 1. The summed E-state index contributed by atoms with van der Waals surface area (Å²) in [6.45, 7) is 5.27. The van der Waals surface area contributed by atoms with Crippen molar-refractivity contribution in [3.8, 4) is 0 Å². The van der Waals surface area contributed by atoms with E-state index < -0.39 is 0 Å². The molecule has 6 heteroatoms. The Morgan fingerprint density at radius 2 is 1.90 bits per heavy atom. The SMILES string of the molecule is CN=C(NCCC(=O)N(C)Cc1ccccc1)NC1CCN(c2ccc(C)cc2)C1. The Kier molecular flexibility index (Phi) is 7.71. The minimum atomic E-state index is 0.119. The van der Waals surface area contributed by atoms with E-state index in [1.807, 2.05) is 37.4 Å². The van der Waals surface area contributed by atoms with Crippen LogP contribution in [0.5, 0.6) is 0 Å². The molecule has 0 saturated carbocycles. The molecule has 1 aliphatic rings. The third-order valence-corrected chi connectivity index (χ3v) is 5.47. The van der Waals surface area contributed by atoms with Gasteiger partial charge in [-0.3, -0.25) is 9.79 Å². The van der Waals surface area contributed by atoms with E-state index in [4.69, 9.17) is 0 Å². The first-order chi connectivity index (χ1) is 14.5. The summed E-state index contributed by atoms with van der Waals surface area (Å²) in [4.78, 5) is 20.9. The number of aryl methyl sites for hydroxylation is 1. The molecule has 0 spiro atoms. The molecule has 0 radical (unpaired) electrons. The lowest BCUT2D eigenvalue weighted by Gasteiger charge is -2.21. The lowest BCUT2D eigenvalue weighted by Crippen LogP contribution is -2.45. The highest BCUT2D eigenvalue weighted by molar-refractivity contribution is 5.81. The van der Waals surface area contributed by atoms with Crippen molar-refractivity contribution in [2.45, 2.75) is 32.4 Å². The summed E-state index contributed by atoms with van der Waals surface area (Å²) in [6.07, 6.45) is 1.50. The Labute approximate surface area is 180 Å². The van der Waals surface area contributed by atoms with E-state index in [-0.39, 0.29) is 5.91 Å². The number of benzene rings is 2. The first kappa shape index (κ1) is 21.7. The predicted molar refractivity (Wildman–Crippen MR) is 124 cm³/mol. The lowest BCUT2D eigenvalue weighted by atomic mass is 10.2. The van der Waals surface area contributed by atoms with Crippen molar-refractivity contribution >= 4 is 17.6 Å². The smallest absolute Gasteiger partial charge is 0.224 e. The van der Waals surface area contributed by atoms with Gasteiger partial charge in [0.2, 0.25) is 5.91 Å². The Hall–Kier alpha value is -3.02. The molecule has 1 fully saturated rings. The molecule has 1 atom stereocenters. The Morgan fingerprint density at radius 3 is 2.60 bits per heavy atom. The van der Waals surface area contributed by atoms with Crippen molar-refractivity contribution in [1.82, 2.24) is 15.5 Å². The average molecular weight is 408 g/mol. The molecule has 1 heterocycles. The number of hydrogen-bond donors (Lipinski definition) is 2. The molecule has 1 saturated heterocycles. The van der Waals surface area contributed by atoms with Gasteiger partial charge >= 0.3 is 0 Å². The third kappa shape index (κ3) is 6.24. The summed E-state index contributed by atoms with van der Waals surface area (Å²) in [5, 5.41) is 6.77. The van der Waals surface area contributed by atoms with Gasteiger partial charge in [-0.1, -0.05) is 48.0 Å². The second-order valence-electron chi connectivity index (χ2n) is 7.90. The molecule has 0 bridgehead atoms. The van der Waals surface area contributed by atoms with Crippen LogP contribution in [0.3, 0.4) is 0 Å². The van der Waals surface area contributed by atoms with Gasteiger partial charge in [-0.2, -0.15) is 0 Å². The molecule has 2 aromatic carbocycles. The van der Waals surface area contributed by atoms with Crippen LogP contribution in [0.1, 0.15) is 24.0 Å².